The maximum absolute atomic E-state index is 12.5. The molecule has 3 N–H and O–H groups in total. The van der Waals surface area contributed by atoms with Gasteiger partial charge >= 0.3 is 5.97 Å². The average molecular weight is 971 g/mol. The van der Waals surface area contributed by atoms with Crippen molar-refractivity contribution in [1.29, 1.82) is 0 Å². The second-order valence-corrected chi connectivity index (χ2v) is 21.0. The van der Waals surface area contributed by atoms with E-state index in [1.807, 2.05) is 12.2 Å². The Labute approximate surface area is 430 Å². The molecule has 1 amide bonds. The highest BCUT2D eigenvalue weighted by Gasteiger charge is 2.17. The summed E-state index contributed by atoms with van der Waals surface area (Å²) in [6.07, 6.45) is 73.4. The first kappa shape index (κ1) is 67.1. The van der Waals surface area contributed by atoms with Crippen LogP contribution < -0.4 is 5.32 Å². The van der Waals surface area contributed by atoms with Crippen LogP contribution in [0.3, 0.4) is 0 Å². The molecule has 0 aliphatic rings. The first-order chi connectivity index (χ1) is 34.0. The molecule has 0 rings (SSSR count). The van der Waals surface area contributed by atoms with Gasteiger partial charge in [-0.1, -0.05) is 301 Å². The molecule has 0 spiro atoms. The van der Waals surface area contributed by atoms with Crippen LogP contribution in [0, 0.1) is 0 Å². The second kappa shape index (κ2) is 58.6. The predicted octanol–water partition coefficient (Wildman–Crippen LogP) is 19.2. The number of aliphatic hydroxyl groups excluding tert-OH is 2. The van der Waals surface area contributed by atoms with Crippen molar-refractivity contribution in [3.05, 3.63) is 36.5 Å². The maximum atomic E-state index is 12.5. The van der Waals surface area contributed by atoms with E-state index in [1.54, 1.807) is 6.08 Å². The van der Waals surface area contributed by atoms with Crippen LogP contribution in [0.15, 0.2) is 36.5 Å². The summed E-state index contributed by atoms with van der Waals surface area (Å²) >= 11 is 0. The quantitative estimate of drug-likeness (QED) is 0.0321. The summed E-state index contributed by atoms with van der Waals surface area (Å²) in [4.78, 5) is 24.5. The molecule has 2 atom stereocenters. The molecule has 0 saturated carbocycles. The molecule has 0 fully saturated rings. The third-order valence-corrected chi connectivity index (χ3v) is 14.2. The van der Waals surface area contributed by atoms with Crippen LogP contribution in [0.4, 0.5) is 0 Å². The SMILES string of the molecule is CCCCCCCCCCCCCCCCCCCCCCCCC/C=C/C(O)C(CO)NC(=O)CC/C=C\C/C=C\CCCCCCCCOC(=O)CCCCCCCCCCCCCCCC. The molecule has 0 heterocycles. The van der Waals surface area contributed by atoms with Gasteiger partial charge in [-0.25, -0.2) is 0 Å². The van der Waals surface area contributed by atoms with Gasteiger partial charge in [0.2, 0.25) is 5.91 Å². The second-order valence-electron chi connectivity index (χ2n) is 21.0. The standard InChI is InChI=1S/C63H119NO5/c1-3-5-7-9-11-13-15-17-19-20-21-22-23-24-25-26-27-28-29-31-35-39-43-47-51-55-61(66)60(59-65)64-62(67)56-52-48-44-40-36-32-30-34-38-42-46-50-54-58-69-63(68)57-53-49-45-41-37-33-18-16-14-12-10-8-6-4-2/h32,36,44,48,51,55,60-61,65-66H,3-31,33-35,37-43,45-47,49-50,52-54,56-59H2,1-2H3,(H,64,67)/b36-32-,48-44-,55-51+. The lowest BCUT2D eigenvalue weighted by atomic mass is 10.0. The summed E-state index contributed by atoms with van der Waals surface area (Å²) in [5.41, 5.74) is 0. The van der Waals surface area contributed by atoms with Gasteiger partial charge in [0.25, 0.3) is 0 Å². The molecule has 406 valence electrons. The van der Waals surface area contributed by atoms with Gasteiger partial charge in [0.05, 0.1) is 25.4 Å². The molecule has 0 aromatic carbocycles. The lowest BCUT2D eigenvalue weighted by Crippen LogP contribution is -2.45. The summed E-state index contributed by atoms with van der Waals surface area (Å²) in [6, 6.07) is -0.673. The molecular weight excluding hydrogens is 851 g/mol. The molecule has 0 aliphatic carbocycles. The van der Waals surface area contributed by atoms with Crippen molar-refractivity contribution in [1.82, 2.24) is 5.32 Å². The van der Waals surface area contributed by atoms with E-state index in [2.05, 4.69) is 37.4 Å². The van der Waals surface area contributed by atoms with Crippen molar-refractivity contribution in [3.63, 3.8) is 0 Å². The number of esters is 1. The molecule has 0 saturated heterocycles. The molecule has 0 radical (unpaired) electrons. The third-order valence-electron chi connectivity index (χ3n) is 14.2. The zero-order valence-corrected chi connectivity index (χ0v) is 46.3. The van der Waals surface area contributed by atoms with Gasteiger partial charge in [0, 0.05) is 12.8 Å². The number of carbonyl (C=O) groups is 2. The summed E-state index contributed by atoms with van der Waals surface area (Å²) in [5.74, 6) is -0.161. The first-order valence-corrected chi connectivity index (χ1v) is 30.8. The number of carbonyl (C=O) groups excluding carboxylic acids is 2. The minimum atomic E-state index is -0.881. The number of amides is 1. The van der Waals surface area contributed by atoms with E-state index >= 15 is 0 Å². The number of hydrogen-bond acceptors (Lipinski definition) is 5. The van der Waals surface area contributed by atoms with Crippen molar-refractivity contribution in [2.75, 3.05) is 13.2 Å². The zero-order chi connectivity index (χ0) is 50.0. The molecule has 69 heavy (non-hydrogen) atoms. The number of allylic oxidation sites excluding steroid dienone is 5. The highest BCUT2D eigenvalue weighted by molar-refractivity contribution is 5.76. The Hall–Kier alpha value is -1.92. The van der Waals surface area contributed by atoms with E-state index in [-0.39, 0.29) is 18.5 Å². The number of nitrogens with one attached hydrogen (secondary N) is 1. The van der Waals surface area contributed by atoms with Crippen LogP contribution in [0.2, 0.25) is 0 Å². The number of aliphatic hydroxyl groups is 2. The van der Waals surface area contributed by atoms with E-state index in [1.165, 1.54) is 244 Å². The predicted molar refractivity (Wildman–Crippen MR) is 301 cm³/mol. The van der Waals surface area contributed by atoms with E-state index < -0.39 is 12.1 Å². The molecular formula is C63H119NO5. The van der Waals surface area contributed by atoms with Crippen LogP contribution in [0.5, 0.6) is 0 Å². The Morgan fingerprint density at radius 2 is 0.739 bits per heavy atom. The normalized spacial score (nSPS) is 12.8. The Balaban J connectivity index is 3.55. The molecule has 6 nitrogen and oxygen atoms in total. The van der Waals surface area contributed by atoms with Gasteiger partial charge in [-0.3, -0.25) is 9.59 Å². The van der Waals surface area contributed by atoms with Crippen molar-refractivity contribution in [2.24, 2.45) is 0 Å². The number of hydrogen-bond donors (Lipinski definition) is 3. The lowest BCUT2D eigenvalue weighted by Gasteiger charge is -2.19. The van der Waals surface area contributed by atoms with Crippen LogP contribution in [-0.2, 0) is 14.3 Å². The fraction of sp³-hybridized carbons (Fsp3) is 0.873. The Bertz CT molecular complexity index is 1120. The smallest absolute Gasteiger partial charge is 0.305 e. The highest BCUT2D eigenvalue weighted by atomic mass is 16.5. The van der Waals surface area contributed by atoms with E-state index in [0.717, 1.165) is 51.4 Å². The average Bonchev–Trinajstić information content (AvgIpc) is 3.35. The number of unbranched alkanes of at least 4 members (excludes halogenated alkanes) is 42. The summed E-state index contributed by atoms with van der Waals surface area (Å²) in [5, 5.41) is 23.1. The molecule has 2 unspecified atom stereocenters. The summed E-state index contributed by atoms with van der Waals surface area (Å²) < 4.78 is 5.46. The fourth-order valence-corrected chi connectivity index (χ4v) is 9.45. The van der Waals surface area contributed by atoms with E-state index in [9.17, 15) is 19.8 Å². The highest BCUT2D eigenvalue weighted by Crippen LogP contribution is 2.17. The zero-order valence-electron chi connectivity index (χ0n) is 46.3. The van der Waals surface area contributed by atoms with Crippen LogP contribution >= 0.6 is 0 Å². The van der Waals surface area contributed by atoms with E-state index in [0.29, 0.717) is 25.9 Å². The van der Waals surface area contributed by atoms with Gasteiger partial charge in [0.15, 0.2) is 0 Å². The van der Waals surface area contributed by atoms with Gasteiger partial charge in [0.1, 0.15) is 0 Å². The molecule has 0 aliphatic heterocycles. The summed E-state index contributed by atoms with van der Waals surface area (Å²) in [6.45, 7) is 4.86. The molecule has 0 aromatic heterocycles. The third kappa shape index (κ3) is 55.2. The van der Waals surface area contributed by atoms with Gasteiger partial charge in [-0.15, -0.1) is 0 Å². The van der Waals surface area contributed by atoms with Crippen molar-refractivity contribution in [2.45, 2.75) is 341 Å². The number of ether oxygens (including phenoxy) is 1. The minimum absolute atomic E-state index is 0.0157. The molecule has 6 heteroatoms. The minimum Gasteiger partial charge on any atom is -0.466 e. The lowest BCUT2D eigenvalue weighted by molar-refractivity contribution is -0.143. The summed E-state index contributed by atoms with van der Waals surface area (Å²) in [7, 11) is 0. The Kier molecular flexibility index (Phi) is 57.0. The first-order valence-electron chi connectivity index (χ1n) is 30.8. The van der Waals surface area contributed by atoms with Gasteiger partial charge in [-0.05, 0) is 51.4 Å². The molecule has 0 aromatic rings. The van der Waals surface area contributed by atoms with Crippen LogP contribution in [-0.4, -0.2) is 47.4 Å². The maximum Gasteiger partial charge on any atom is 0.305 e. The van der Waals surface area contributed by atoms with Crippen molar-refractivity contribution in [3.8, 4) is 0 Å². The van der Waals surface area contributed by atoms with Gasteiger partial charge < -0.3 is 20.3 Å². The van der Waals surface area contributed by atoms with Crippen molar-refractivity contribution >= 4 is 11.9 Å². The topological polar surface area (TPSA) is 95.9 Å². The largest absolute Gasteiger partial charge is 0.466 e. The van der Waals surface area contributed by atoms with Gasteiger partial charge in [-0.2, -0.15) is 0 Å². The number of rotatable bonds is 57. The Morgan fingerprint density at radius 1 is 0.406 bits per heavy atom. The monoisotopic (exact) mass is 970 g/mol. The van der Waals surface area contributed by atoms with E-state index in [4.69, 9.17) is 4.74 Å². The Morgan fingerprint density at radius 3 is 1.13 bits per heavy atom. The van der Waals surface area contributed by atoms with Crippen molar-refractivity contribution < 1.29 is 24.5 Å². The van der Waals surface area contributed by atoms with Crippen LogP contribution in [0.1, 0.15) is 328 Å². The fourth-order valence-electron chi connectivity index (χ4n) is 9.45. The van der Waals surface area contributed by atoms with Crippen LogP contribution in [0.25, 0.3) is 0 Å². The molecule has 0 bridgehead atoms.